The summed E-state index contributed by atoms with van der Waals surface area (Å²) in [4.78, 5) is 65.1. The zero-order valence-electron chi connectivity index (χ0n) is 29.0. The lowest BCUT2D eigenvalue weighted by atomic mass is 9.73. The van der Waals surface area contributed by atoms with Crippen LogP contribution in [0, 0.1) is 16.0 Å². The van der Waals surface area contributed by atoms with Gasteiger partial charge in [0.2, 0.25) is 17.7 Å². The zero-order chi connectivity index (χ0) is 35.3. The molecule has 3 N–H and O–H groups in total. The summed E-state index contributed by atoms with van der Waals surface area (Å²) in [6.45, 7) is 8.16. The van der Waals surface area contributed by atoms with Crippen molar-refractivity contribution in [3.63, 3.8) is 0 Å². The highest BCUT2D eigenvalue weighted by molar-refractivity contribution is 5.97. The summed E-state index contributed by atoms with van der Waals surface area (Å²) in [5.74, 6) is -0.657. The summed E-state index contributed by atoms with van der Waals surface area (Å²) in [5, 5.41) is 19.4. The highest BCUT2D eigenvalue weighted by atomic mass is 16.6. The molecule has 0 aromatic heterocycles. The molecule has 1 heterocycles. The molecule has 0 radical (unpaired) electrons. The molecule has 5 rings (SSSR count). The number of nitrogens with zero attached hydrogens (tertiary/aromatic N) is 2. The van der Waals surface area contributed by atoms with Gasteiger partial charge in [-0.15, -0.1) is 0 Å². The summed E-state index contributed by atoms with van der Waals surface area (Å²) >= 11 is 0. The molecule has 4 amide bonds. The van der Waals surface area contributed by atoms with Gasteiger partial charge in [0.1, 0.15) is 17.7 Å². The number of carbonyl (C=O) groups excluding carboxylic acids is 4. The SMILES string of the molecule is C[C@H](NC(=O)CC1CC2(CCN(C(=O)[C@H](NC(=O)OC(C)(C)C)C3CCCCC3)CC2)c2ccccc21)C(=O)Nc1ccc([N+](=O)[O-])cc1. The number of non-ortho nitro benzene ring substituents is 1. The number of nitro benzene ring substituents is 1. The van der Waals surface area contributed by atoms with E-state index in [-0.39, 0.29) is 41.2 Å². The van der Waals surface area contributed by atoms with Crippen molar-refractivity contribution in [2.45, 2.75) is 114 Å². The molecule has 1 saturated carbocycles. The first-order valence-corrected chi connectivity index (χ1v) is 17.5. The maximum Gasteiger partial charge on any atom is 0.408 e. The van der Waals surface area contributed by atoms with Crippen LogP contribution in [0.1, 0.15) is 103 Å². The number of likely N-dealkylation sites (tertiary alicyclic amines) is 1. The van der Waals surface area contributed by atoms with Crippen LogP contribution in [0.15, 0.2) is 48.5 Å². The number of benzene rings is 2. The molecule has 2 fully saturated rings. The van der Waals surface area contributed by atoms with E-state index in [1.54, 1.807) is 6.92 Å². The monoisotopic (exact) mass is 675 g/mol. The normalized spacial score (nSPS) is 20.1. The summed E-state index contributed by atoms with van der Waals surface area (Å²) < 4.78 is 5.53. The Morgan fingerprint density at radius 3 is 2.27 bits per heavy atom. The molecule has 12 heteroatoms. The zero-order valence-corrected chi connectivity index (χ0v) is 29.0. The third-order valence-corrected chi connectivity index (χ3v) is 10.2. The Bertz CT molecular complexity index is 1540. The molecule has 2 aliphatic carbocycles. The molecule has 1 unspecified atom stereocenters. The minimum Gasteiger partial charge on any atom is -0.444 e. The molecular formula is C37H49N5O7. The van der Waals surface area contributed by atoms with Crippen LogP contribution in [0.4, 0.5) is 16.2 Å². The minimum absolute atomic E-state index is 0.0350. The van der Waals surface area contributed by atoms with E-state index in [4.69, 9.17) is 4.74 Å². The van der Waals surface area contributed by atoms with Gasteiger partial charge in [-0.25, -0.2) is 4.79 Å². The Morgan fingerprint density at radius 1 is 0.980 bits per heavy atom. The quantitative estimate of drug-likeness (QED) is 0.219. The first kappa shape index (κ1) is 35.8. The fourth-order valence-corrected chi connectivity index (χ4v) is 7.82. The van der Waals surface area contributed by atoms with Gasteiger partial charge < -0.3 is 25.6 Å². The molecule has 49 heavy (non-hydrogen) atoms. The Balaban J connectivity index is 1.20. The second kappa shape index (κ2) is 15.0. The fourth-order valence-electron chi connectivity index (χ4n) is 7.82. The van der Waals surface area contributed by atoms with Crippen LogP contribution in [0.5, 0.6) is 0 Å². The fraction of sp³-hybridized carbons (Fsp3) is 0.568. The van der Waals surface area contributed by atoms with Crippen molar-refractivity contribution in [1.82, 2.24) is 15.5 Å². The van der Waals surface area contributed by atoms with Crippen molar-refractivity contribution >= 4 is 35.2 Å². The van der Waals surface area contributed by atoms with Gasteiger partial charge in [-0.05, 0) is 100 Å². The molecule has 3 atom stereocenters. The predicted molar refractivity (Wildman–Crippen MR) is 185 cm³/mol. The van der Waals surface area contributed by atoms with E-state index in [1.807, 2.05) is 37.8 Å². The number of hydrogen-bond acceptors (Lipinski definition) is 7. The molecule has 1 saturated heterocycles. The smallest absolute Gasteiger partial charge is 0.408 e. The Hall–Kier alpha value is -4.48. The number of anilines is 1. The first-order chi connectivity index (χ1) is 23.2. The van der Waals surface area contributed by atoms with Crippen LogP contribution in [0.25, 0.3) is 0 Å². The molecule has 2 aromatic carbocycles. The molecule has 1 aliphatic heterocycles. The number of alkyl carbamates (subject to hydrolysis) is 1. The van der Waals surface area contributed by atoms with Crippen LogP contribution < -0.4 is 16.0 Å². The number of carbonyl (C=O) groups is 4. The Kier molecular flexibility index (Phi) is 10.9. The molecule has 0 bridgehead atoms. The molecular weight excluding hydrogens is 626 g/mol. The lowest BCUT2D eigenvalue weighted by Crippen LogP contribution is -2.56. The van der Waals surface area contributed by atoms with Crippen molar-refractivity contribution in [3.8, 4) is 0 Å². The van der Waals surface area contributed by atoms with E-state index in [9.17, 15) is 29.3 Å². The van der Waals surface area contributed by atoms with Crippen LogP contribution in [0.3, 0.4) is 0 Å². The number of amides is 4. The number of hydrogen-bond donors (Lipinski definition) is 3. The highest BCUT2D eigenvalue weighted by Gasteiger charge is 2.47. The maximum atomic E-state index is 14.0. The third-order valence-electron chi connectivity index (χ3n) is 10.2. The average Bonchev–Trinajstić information content (AvgIpc) is 3.35. The lowest BCUT2D eigenvalue weighted by Gasteiger charge is -2.42. The van der Waals surface area contributed by atoms with Gasteiger partial charge >= 0.3 is 6.09 Å². The van der Waals surface area contributed by atoms with Crippen LogP contribution in [-0.2, 0) is 24.5 Å². The lowest BCUT2D eigenvalue weighted by molar-refractivity contribution is -0.384. The third kappa shape index (κ3) is 8.76. The van der Waals surface area contributed by atoms with E-state index >= 15 is 0 Å². The van der Waals surface area contributed by atoms with Crippen LogP contribution in [-0.4, -0.2) is 64.4 Å². The molecule has 264 valence electrons. The summed E-state index contributed by atoms with van der Waals surface area (Å²) in [5.41, 5.74) is 1.84. The van der Waals surface area contributed by atoms with E-state index in [0.29, 0.717) is 18.8 Å². The van der Waals surface area contributed by atoms with E-state index in [2.05, 4.69) is 28.1 Å². The number of rotatable bonds is 9. The molecule has 1 spiro atoms. The average molecular weight is 676 g/mol. The van der Waals surface area contributed by atoms with Gasteiger partial charge in [0.05, 0.1) is 4.92 Å². The van der Waals surface area contributed by atoms with Crippen molar-refractivity contribution < 1.29 is 28.8 Å². The number of fused-ring (bicyclic) bond motifs is 2. The number of ether oxygens (including phenoxy) is 1. The van der Waals surface area contributed by atoms with Gasteiger partial charge in [0, 0.05) is 37.3 Å². The van der Waals surface area contributed by atoms with Gasteiger partial charge in [0.25, 0.3) is 5.69 Å². The molecule has 3 aliphatic rings. The van der Waals surface area contributed by atoms with Crippen LogP contribution in [0.2, 0.25) is 0 Å². The first-order valence-electron chi connectivity index (χ1n) is 17.5. The summed E-state index contributed by atoms with van der Waals surface area (Å²) in [6.07, 6.45) is 6.98. The topological polar surface area (TPSA) is 160 Å². The number of nitro groups is 1. The summed E-state index contributed by atoms with van der Waals surface area (Å²) in [6, 6.07) is 12.3. The standard InChI is InChI=1S/C37H49N5O7/c1-24(33(44)39-27-14-16-28(17-15-27)42(47)48)38-31(43)22-26-23-37(30-13-9-8-12-29(26)30)18-20-41(21-19-37)34(45)32(25-10-6-5-7-11-25)40-35(46)49-36(2,3)4/h8-9,12-17,24-26,32H,5-7,10-11,18-23H2,1-4H3,(H,38,43)(H,39,44)(H,40,46)/t24-,26?,32+/m0/s1. The van der Waals surface area contributed by atoms with Crippen LogP contribution >= 0.6 is 0 Å². The Labute approximate surface area is 287 Å². The van der Waals surface area contributed by atoms with Crippen molar-refractivity contribution in [3.05, 3.63) is 69.8 Å². The second-order valence-electron chi connectivity index (χ2n) is 14.9. The number of piperidine rings is 1. The van der Waals surface area contributed by atoms with Crippen molar-refractivity contribution in [1.29, 1.82) is 0 Å². The molecule has 2 aromatic rings. The van der Waals surface area contributed by atoms with Gasteiger partial charge in [-0.1, -0.05) is 43.5 Å². The molecule has 12 nitrogen and oxygen atoms in total. The maximum absolute atomic E-state index is 14.0. The van der Waals surface area contributed by atoms with E-state index in [0.717, 1.165) is 56.9 Å². The van der Waals surface area contributed by atoms with Gasteiger partial charge in [0.15, 0.2) is 0 Å². The van der Waals surface area contributed by atoms with E-state index < -0.39 is 34.6 Å². The largest absolute Gasteiger partial charge is 0.444 e. The van der Waals surface area contributed by atoms with Gasteiger partial charge in [-0.2, -0.15) is 0 Å². The van der Waals surface area contributed by atoms with Crippen molar-refractivity contribution in [2.75, 3.05) is 18.4 Å². The Morgan fingerprint density at radius 2 is 1.63 bits per heavy atom. The minimum atomic E-state index is -0.811. The van der Waals surface area contributed by atoms with Crippen molar-refractivity contribution in [2.24, 2.45) is 5.92 Å². The van der Waals surface area contributed by atoms with Gasteiger partial charge in [-0.3, -0.25) is 24.5 Å². The second-order valence-corrected chi connectivity index (χ2v) is 14.9. The highest BCUT2D eigenvalue weighted by Crippen LogP contribution is 2.52. The van der Waals surface area contributed by atoms with E-state index in [1.165, 1.54) is 29.8 Å². The predicted octanol–water partition coefficient (Wildman–Crippen LogP) is 5.95. The number of nitrogens with one attached hydrogen (secondary N) is 3. The summed E-state index contributed by atoms with van der Waals surface area (Å²) in [7, 11) is 0.